The van der Waals surface area contributed by atoms with Gasteiger partial charge in [-0.2, -0.15) is 0 Å². The summed E-state index contributed by atoms with van der Waals surface area (Å²) in [5.41, 5.74) is 1.97. The van der Waals surface area contributed by atoms with Crippen molar-refractivity contribution in [2.45, 2.75) is 6.04 Å². The van der Waals surface area contributed by atoms with Crippen LogP contribution in [0.4, 0.5) is 15.8 Å². The predicted octanol–water partition coefficient (Wildman–Crippen LogP) is 3.58. The fraction of sp³-hybridized carbons (Fsp3) is 0.0714. The van der Waals surface area contributed by atoms with E-state index in [1.54, 1.807) is 24.3 Å². The Morgan fingerprint density at radius 1 is 1.21 bits per heavy atom. The maximum absolute atomic E-state index is 13.1. The molecule has 0 saturated heterocycles. The third kappa shape index (κ3) is 2.27. The SMILES string of the molecule is O=C1Nc2cc(F)ccc2C1Nc1cccc(Cl)c1. The molecule has 1 aliphatic rings. The number of hydrogen-bond acceptors (Lipinski definition) is 2. The van der Waals surface area contributed by atoms with Gasteiger partial charge in [-0.15, -0.1) is 0 Å². The maximum Gasteiger partial charge on any atom is 0.251 e. The lowest BCUT2D eigenvalue weighted by Gasteiger charge is -2.13. The van der Waals surface area contributed by atoms with Crippen LogP contribution in [-0.4, -0.2) is 5.91 Å². The van der Waals surface area contributed by atoms with E-state index in [4.69, 9.17) is 11.6 Å². The molecule has 0 spiro atoms. The van der Waals surface area contributed by atoms with Gasteiger partial charge >= 0.3 is 0 Å². The van der Waals surface area contributed by atoms with Crippen molar-refractivity contribution < 1.29 is 9.18 Å². The average molecular weight is 277 g/mol. The molecule has 2 aromatic carbocycles. The number of carbonyl (C=O) groups is 1. The minimum atomic E-state index is -0.533. The van der Waals surface area contributed by atoms with E-state index in [2.05, 4.69) is 10.6 Å². The second-order valence-corrected chi connectivity index (χ2v) is 4.74. The zero-order valence-electron chi connectivity index (χ0n) is 9.78. The Balaban J connectivity index is 1.92. The van der Waals surface area contributed by atoms with Crippen LogP contribution >= 0.6 is 11.6 Å². The first kappa shape index (κ1) is 12.0. The highest BCUT2D eigenvalue weighted by molar-refractivity contribution is 6.30. The number of carbonyl (C=O) groups excluding carboxylic acids is 1. The van der Waals surface area contributed by atoms with Crippen LogP contribution < -0.4 is 10.6 Å². The number of fused-ring (bicyclic) bond motifs is 1. The van der Waals surface area contributed by atoms with Crippen molar-refractivity contribution >= 4 is 28.9 Å². The molecule has 0 aliphatic carbocycles. The molecule has 2 aromatic rings. The summed E-state index contributed by atoms with van der Waals surface area (Å²) in [7, 11) is 0. The molecule has 0 saturated carbocycles. The van der Waals surface area contributed by atoms with Crippen LogP contribution in [0.15, 0.2) is 42.5 Å². The summed E-state index contributed by atoms with van der Waals surface area (Å²) < 4.78 is 13.1. The summed E-state index contributed by atoms with van der Waals surface area (Å²) >= 11 is 5.90. The van der Waals surface area contributed by atoms with Crippen molar-refractivity contribution in [3.05, 3.63) is 58.9 Å². The van der Waals surface area contributed by atoms with E-state index in [1.807, 2.05) is 6.07 Å². The molecule has 3 rings (SSSR count). The highest BCUT2D eigenvalue weighted by atomic mass is 35.5. The molecule has 1 atom stereocenters. The second kappa shape index (κ2) is 4.55. The molecule has 3 nitrogen and oxygen atoms in total. The van der Waals surface area contributed by atoms with E-state index in [0.717, 1.165) is 11.3 Å². The zero-order valence-corrected chi connectivity index (χ0v) is 10.5. The van der Waals surface area contributed by atoms with Crippen LogP contribution in [0.3, 0.4) is 0 Å². The van der Waals surface area contributed by atoms with Crippen LogP contribution in [0.2, 0.25) is 5.02 Å². The Kier molecular flexibility index (Phi) is 2.87. The molecule has 2 N–H and O–H groups in total. The molecule has 5 heteroatoms. The van der Waals surface area contributed by atoms with Crippen LogP contribution in [0.5, 0.6) is 0 Å². The first-order chi connectivity index (χ1) is 9.13. The summed E-state index contributed by atoms with van der Waals surface area (Å²) in [6, 6.07) is 10.8. The molecule has 1 heterocycles. The van der Waals surface area contributed by atoms with Gasteiger partial charge in [0.1, 0.15) is 11.9 Å². The van der Waals surface area contributed by atoms with Crippen LogP contribution in [-0.2, 0) is 4.79 Å². The van der Waals surface area contributed by atoms with E-state index in [0.29, 0.717) is 10.7 Å². The molecule has 1 amide bonds. The lowest BCUT2D eigenvalue weighted by atomic mass is 10.1. The molecule has 0 bridgehead atoms. The highest BCUT2D eigenvalue weighted by Crippen LogP contribution is 2.33. The van der Waals surface area contributed by atoms with Crippen LogP contribution in [0, 0.1) is 5.82 Å². The molecule has 0 aromatic heterocycles. The first-order valence-electron chi connectivity index (χ1n) is 5.76. The van der Waals surface area contributed by atoms with Gasteiger partial charge in [-0.05, 0) is 30.3 Å². The highest BCUT2D eigenvalue weighted by Gasteiger charge is 2.30. The normalized spacial score (nSPS) is 16.9. The lowest BCUT2D eigenvalue weighted by molar-refractivity contribution is -0.116. The number of hydrogen-bond donors (Lipinski definition) is 2. The minimum absolute atomic E-state index is 0.208. The van der Waals surface area contributed by atoms with Gasteiger partial charge in [0.05, 0.1) is 0 Å². The zero-order chi connectivity index (χ0) is 13.4. The van der Waals surface area contributed by atoms with Crippen LogP contribution in [0.25, 0.3) is 0 Å². The van der Waals surface area contributed by atoms with Crippen molar-refractivity contribution in [3.63, 3.8) is 0 Å². The molecule has 1 unspecified atom stereocenters. The Labute approximate surface area is 114 Å². The summed E-state index contributed by atoms with van der Waals surface area (Å²) in [6.07, 6.45) is 0. The number of amides is 1. The summed E-state index contributed by atoms with van der Waals surface area (Å²) in [6.45, 7) is 0. The molecule has 96 valence electrons. The molecule has 19 heavy (non-hydrogen) atoms. The van der Waals surface area contributed by atoms with Gasteiger partial charge in [0.25, 0.3) is 5.91 Å². The monoisotopic (exact) mass is 276 g/mol. The molecular weight excluding hydrogens is 267 g/mol. The summed E-state index contributed by atoms with van der Waals surface area (Å²) in [5.74, 6) is -0.581. The molecule has 0 radical (unpaired) electrons. The van der Waals surface area contributed by atoms with E-state index in [9.17, 15) is 9.18 Å². The van der Waals surface area contributed by atoms with Crippen molar-refractivity contribution in [2.75, 3.05) is 10.6 Å². The third-order valence-corrected chi connectivity index (χ3v) is 3.22. The van der Waals surface area contributed by atoms with Gasteiger partial charge in [-0.3, -0.25) is 4.79 Å². The van der Waals surface area contributed by atoms with Crippen molar-refractivity contribution in [3.8, 4) is 0 Å². The Hall–Kier alpha value is -2.07. The number of anilines is 2. The molecule has 0 fully saturated rings. The second-order valence-electron chi connectivity index (χ2n) is 4.31. The fourth-order valence-electron chi connectivity index (χ4n) is 2.12. The molecular formula is C14H10ClFN2O. The van der Waals surface area contributed by atoms with Crippen molar-refractivity contribution in [1.82, 2.24) is 0 Å². The Bertz CT molecular complexity index is 660. The van der Waals surface area contributed by atoms with E-state index < -0.39 is 6.04 Å². The lowest BCUT2D eigenvalue weighted by Crippen LogP contribution is -2.19. The number of halogens is 2. The molecule has 1 aliphatic heterocycles. The smallest absolute Gasteiger partial charge is 0.251 e. The third-order valence-electron chi connectivity index (χ3n) is 2.98. The van der Waals surface area contributed by atoms with Gasteiger partial charge < -0.3 is 10.6 Å². The van der Waals surface area contributed by atoms with Gasteiger partial charge in [-0.1, -0.05) is 23.7 Å². The minimum Gasteiger partial charge on any atom is -0.370 e. The van der Waals surface area contributed by atoms with E-state index >= 15 is 0 Å². The average Bonchev–Trinajstić information content (AvgIpc) is 2.65. The van der Waals surface area contributed by atoms with Gasteiger partial charge in [-0.25, -0.2) is 4.39 Å². The van der Waals surface area contributed by atoms with E-state index in [1.165, 1.54) is 12.1 Å². The predicted molar refractivity (Wildman–Crippen MR) is 72.8 cm³/mol. The number of benzene rings is 2. The van der Waals surface area contributed by atoms with Gasteiger partial charge in [0, 0.05) is 22.0 Å². The van der Waals surface area contributed by atoms with E-state index in [-0.39, 0.29) is 11.7 Å². The first-order valence-corrected chi connectivity index (χ1v) is 6.14. The van der Waals surface area contributed by atoms with Gasteiger partial charge in [0.2, 0.25) is 0 Å². The number of nitrogens with one attached hydrogen (secondary N) is 2. The Morgan fingerprint density at radius 2 is 2.05 bits per heavy atom. The van der Waals surface area contributed by atoms with Crippen LogP contribution in [0.1, 0.15) is 11.6 Å². The van der Waals surface area contributed by atoms with Crippen molar-refractivity contribution in [1.29, 1.82) is 0 Å². The summed E-state index contributed by atoms with van der Waals surface area (Å²) in [4.78, 5) is 11.9. The number of rotatable bonds is 2. The topological polar surface area (TPSA) is 41.1 Å². The van der Waals surface area contributed by atoms with Crippen molar-refractivity contribution in [2.24, 2.45) is 0 Å². The maximum atomic E-state index is 13.1. The Morgan fingerprint density at radius 3 is 2.84 bits per heavy atom. The largest absolute Gasteiger partial charge is 0.370 e. The standard InChI is InChI=1S/C14H10ClFN2O/c15-8-2-1-3-10(6-8)17-13-11-5-4-9(16)7-12(11)18-14(13)19/h1-7,13,17H,(H,18,19). The fourth-order valence-corrected chi connectivity index (χ4v) is 2.31. The quantitative estimate of drug-likeness (QED) is 0.880. The van der Waals surface area contributed by atoms with Gasteiger partial charge in [0.15, 0.2) is 0 Å². The summed E-state index contributed by atoms with van der Waals surface area (Å²) in [5, 5.41) is 6.32.